The molecule has 0 aromatic rings. The predicted octanol–water partition coefficient (Wildman–Crippen LogP) is 3.39. The number of hydrogen-bond acceptors (Lipinski definition) is 0. The van der Waals surface area contributed by atoms with Crippen LogP contribution in [0.3, 0.4) is 0 Å². The quantitative estimate of drug-likeness (QED) is 0.653. The molecule has 0 heterocycles. The third-order valence-corrected chi connectivity index (χ3v) is 1.81. The molecule has 0 bridgehead atoms. The van der Waals surface area contributed by atoms with Crippen molar-refractivity contribution in [3.05, 3.63) is 11.4 Å². The van der Waals surface area contributed by atoms with Crippen LogP contribution in [0.15, 0.2) is 11.4 Å². The molecule has 0 spiro atoms. The smallest absolute Gasteiger partial charge is 0.204 e. The van der Waals surface area contributed by atoms with Gasteiger partial charge in [0.25, 0.3) is 0 Å². The van der Waals surface area contributed by atoms with Crippen LogP contribution in [-0.4, -0.2) is 24.2 Å². The molecule has 0 saturated carbocycles. The summed E-state index contributed by atoms with van der Waals surface area (Å²) >= 11 is 0. The average Bonchev–Trinajstić information content (AvgIpc) is 2.02. The Morgan fingerprint density at radius 1 is 0.933 bits per heavy atom. The molecular weight excluding hydrogens is 243 g/mol. The van der Waals surface area contributed by atoms with E-state index in [0.29, 0.717) is 0 Å². The second kappa shape index (κ2) is 2.82. The summed E-state index contributed by atoms with van der Waals surface area (Å²) in [6.07, 6.45) is -4.68. The second-order valence-electron chi connectivity index (χ2n) is 2.76. The lowest BCUT2D eigenvalue weighted by Gasteiger charge is -2.39. The summed E-state index contributed by atoms with van der Waals surface area (Å²) in [5.41, 5.74) is -3.14. The van der Waals surface area contributed by atoms with Crippen LogP contribution in [0.2, 0.25) is 0 Å². The molecule has 0 aliphatic heterocycles. The van der Waals surface area contributed by atoms with E-state index < -0.39 is 35.6 Å². The van der Waals surface area contributed by atoms with Gasteiger partial charge in [-0.15, -0.1) is 0 Å². The lowest BCUT2D eigenvalue weighted by Crippen LogP contribution is -2.58. The third kappa shape index (κ3) is 1.24. The maximum Gasteiger partial charge on any atom is 0.365 e. The number of alkyl halides is 8. The number of allylic oxidation sites excluding steroid dienone is 2. The molecule has 1 aliphatic rings. The van der Waals surface area contributed by atoms with Gasteiger partial charge in [-0.3, -0.25) is 0 Å². The second-order valence-corrected chi connectivity index (χ2v) is 2.76. The monoisotopic (exact) mass is 244 g/mol. The number of rotatable bonds is 2. The summed E-state index contributed by atoms with van der Waals surface area (Å²) in [6.45, 7) is 0. The van der Waals surface area contributed by atoms with Gasteiger partial charge in [0, 0.05) is 0 Å². The first-order valence-electron chi connectivity index (χ1n) is 3.30. The normalized spacial score (nSPS) is 24.4. The molecule has 0 atom stereocenters. The highest BCUT2D eigenvalue weighted by Gasteiger charge is 2.79. The molecule has 0 aromatic carbocycles. The highest BCUT2D eigenvalue weighted by molar-refractivity contribution is 5.44. The molecular formula is C6HF9. The summed E-state index contributed by atoms with van der Waals surface area (Å²) < 4.78 is 108. The van der Waals surface area contributed by atoms with Crippen molar-refractivity contribution in [3.8, 4) is 0 Å². The average molecular weight is 244 g/mol. The van der Waals surface area contributed by atoms with Crippen LogP contribution < -0.4 is 0 Å². The standard InChI is InChI=1S/C6HF9/c7-2-1(4(10,11)3(8)9)5(12,13)6(2,14)15/h3H. The van der Waals surface area contributed by atoms with Crippen LogP contribution in [0, 0.1) is 0 Å². The summed E-state index contributed by atoms with van der Waals surface area (Å²) in [6, 6.07) is 0. The maximum absolute atomic E-state index is 12.2. The van der Waals surface area contributed by atoms with E-state index in [1.807, 2.05) is 0 Å². The van der Waals surface area contributed by atoms with Crippen molar-refractivity contribution in [2.75, 3.05) is 0 Å². The van der Waals surface area contributed by atoms with Crippen LogP contribution >= 0.6 is 0 Å². The van der Waals surface area contributed by atoms with Gasteiger partial charge in [-0.25, -0.2) is 13.2 Å². The largest absolute Gasteiger partial charge is 0.365 e. The molecule has 0 fully saturated rings. The van der Waals surface area contributed by atoms with Crippen LogP contribution in [0.5, 0.6) is 0 Å². The first-order chi connectivity index (χ1) is 6.47. The van der Waals surface area contributed by atoms with Crippen molar-refractivity contribution in [1.29, 1.82) is 0 Å². The highest BCUT2D eigenvalue weighted by atomic mass is 19.3. The Labute approximate surface area is 76.4 Å². The molecule has 0 amide bonds. The number of halogens is 9. The topological polar surface area (TPSA) is 0 Å². The molecule has 0 N–H and O–H groups in total. The van der Waals surface area contributed by atoms with E-state index in [2.05, 4.69) is 0 Å². The molecule has 1 aliphatic carbocycles. The van der Waals surface area contributed by atoms with Crippen molar-refractivity contribution in [1.82, 2.24) is 0 Å². The molecule has 0 radical (unpaired) electrons. The van der Waals surface area contributed by atoms with E-state index in [0.717, 1.165) is 0 Å². The van der Waals surface area contributed by atoms with Gasteiger partial charge in [-0.2, -0.15) is 26.3 Å². The highest BCUT2D eigenvalue weighted by Crippen LogP contribution is 2.61. The summed E-state index contributed by atoms with van der Waals surface area (Å²) in [4.78, 5) is 0. The molecule has 1 rings (SSSR count). The van der Waals surface area contributed by atoms with Crippen molar-refractivity contribution in [2.45, 2.75) is 24.2 Å². The first kappa shape index (κ1) is 12.2. The van der Waals surface area contributed by atoms with Gasteiger partial charge in [0.2, 0.25) is 0 Å². The van der Waals surface area contributed by atoms with Crippen molar-refractivity contribution in [2.24, 2.45) is 0 Å². The SMILES string of the molecule is FC1=C(C(F)(F)C(F)F)C(F)(F)C1(F)F. The van der Waals surface area contributed by atoms with Gasteiger partial charge in [0.1, 0.15) is 5.57 Å². The fourth-order valence-corrected chi connectivity index (χ4v) is 0.992. The summed E-state index contributed by atoms with van der Waals surface area (Å²) in [5, 5.41) is 0. The Kier molecular flexibility index (Phi) is 2.29. The molecule has 0 aromatic heterocycles. The van der Waals surface area contributed by atoms with Crippen molar-refractivity contribution < 1.29 is 39.5 Å². The first-order valence-corrected chi connectivity index (χ1v) is 3.30. The minimum absolute atomic E-state index is 3.14. The Morgan fingerprint density at radius 2 is 1.33 bits per heavy atom. The molecule has 88 valence electrons. The van der Waals surface area contributed by atoms with E-state index in [-0.39, 0.29) is 0 Å². The van der Waals surface area contributed by atoms with E-state index in [1.165, 1.54) is 0 Å². The van der Waals surface area contributed by atoms with E-state index in [9.17, 15) is 39.5 Å². The molecule has 0 unspecified atom stereocenters. The van der Waals surface area contributed by atoms with Crippen molar-refractivity contribution in [3.63, 3.8) is 0 Å². The Morgan fingerprint density at radius 3 is 1.60 bits per heavy atom. The zero-order valence-electron chi connectivity index (χ0n) is 6.48. The van der Waals surface area contributed by atoms with E-state index >= 15 is 0 Å². The molecule has 15 heavy (non-hydrogen) atoms. The number of hydrogen-bond donors (Lipinski definition) is 0. The lowest BCUT2D eigenvalue weighted by molar-refractivity contribution is -0.239. The Balaban J connectivity index is 3.26. The van der Waals surface area contributed by atoms with E-state index in [4.69, 9.17) is 0 Å². The van der Waals surface area contributed by atoms with Crippen LogP contribution in [-0.2, 0) is 0 Å². The van der Waals surface area contributed by atoms with Gasteiger partial charge in [-0.05, 0) is 0 Å². The maximum atomic E-state index is 12.2. The van der Waals surface area contributed by atoms with Gasteiger partial charge in [0.15, 0.2) is 5.83 Å². The zero-order valence-corrected chi connectivity index (χ0v) is 6.48. The Bertz CT molecular complexity index is 313. The van der Waals surface area contributed by atoms with Gasteiger partial charge in [0.05, 0.1) is 0 Å². The third-order valence-electron chi connectivity index (χ3n) is 1.81. The van der Waals surface area contributed by atoms with Crippen LogP contribution in [0.1, 0.15) is 0 Å². The van der Waals surface area contributed by atoms with Crippen LogP contribution in [0.25, 0.3) is 0 Å². The van der Waals surface area contributed by atoms with Gasteiger partial charge in [-0.1, -0.05) is 0 Å². The lowest BCUT2D eigenvalue weighted by atomic mass is 9.83. The fraction of sp³-hybridized carbons (Fsp3) is 0.667. The minimum atomic E-state index is -5.60. The van der Waals surface area contributed by atoms with Crippen LogP contribution in [0.4, 0.5) is 39.5 Å². The van der Waals surface area contributed by atoms with Gasteiger partial charge < -0.3 is 0 Å². The van der Waals surface area contributed by atoms with Gasteiger partial charge >= 0.3 is 24.2 Å². The summed E-state index contributed by atoms with van der Waals surface area (Å²) in [5.74, 6) is -19.8. The van der Waals surface area contributed by atoms with Crippen molar-refractivity contribution >= 4 is 0 Å². The molecule has 0 nitrogen and oxygen atoms in total. The summed E-state index contributed by atoms with van der Waals surface area (Å²) in [7, 11) is 0. The molecule has 0 saturated heterocycles. The minimum Gasteiger partial charge on any atom is -0.204 e. The Hall–Kier alpha value is -0.890. The molecule has 9 heteroatoms. The fourth-order valence-electron chi connectivity index (χ4n) is 0.992. The predicted molar refractivity (Wildman–Crippen MR) is 29.0 cm³/mol. The zero-order chi connectivity index (χ0) is 12.2. The van der Waals surface area contributed by atoms with E-state index in [1.54, 1.807) is 0 Å².